The zero-order chi connectivity index (χ0) is 34.6. The second-order valence-corrected chi connectivity index (χ2v) is 13.5. The minimum atomic E-state index is -1.46. The van der Waals surface area contributed by atoms with E-state index in [9.17, 15) is 24.3 Å². The summed E-state index contributed by atoms with van der Waals surface area (Å²) in [5, 5.41) is 20.2. The lowest BCUT2D eigenvalue weighted by atomic mass is 9.49. The summed E-state index contributed by atoms with van der Waals surface area (Å²) in [6, 6.07) is 20.7. The third kappa shape index (κ3) is 5.03. The van der Waals surface area contributed by atoms with E-state index in [0.717, 1.165) is 5.57 Å². The number of carboxylic acids is 1. The predicted molar refractivity (Wildman–Crippen MR) is 179 cm³/mol. The summed E-state index contributed by atoms with van der Waals surface area (Å²) in [7, 11) is 0. The Morgan fingerprint density at radius 2 is 1.73 bits per heavy atom. The van der Waals surface area contributed by atoms with E-state index < -0.39 is 52.8 Å². The van der Waals surface area contributed by atoms with Crippen molar-refractivity contribution in [2.24, 2.45) is 23.7 Å². The first kappa shape index (κ1) is 32.6. The van der Waals surface area contributed by atoms with Crippen LogP contribution in [0.25, 0.3) is 0 Å². The molecule has 0 aromatic heterocycles. The Labute approximate surface area is 287 Å². The lowest BCUT2D eigenvalue weighted by molar-refractivity contribution is -0.142. The molecule has 2 N–H and O–H groups in total. The van der Waals surface area contributed by atoms with E-state index in [1.54, 1.807) is 43.3 Å². The highest BCUT2D eigenvalue weighted by molar-refractivity contribution is 6.32. The topological polar surface area (TPSA) is 142 Å². The maximum Gasteiger partial charge on any atom is 0.303 e. The number of halogens is 1. The van der Waals surface area contributed by atoms with Crippen LogP contribution >= 0.6 is 11.6 Å². The van der Waals surface area contributed by atoms with Gasteiger partial charge in [0.25, 0.3) is 0 Å². The number of carboxylic acid groups (broad SMARTS) is 1. The van der Waals surface area contributed by atoms with Crippen molar-refractivity contribution in [1.29, 1.82) is 0 Å². The van der Waals surface area contributed by atoms with Crippen LogP contribution in [0.2, 0.25) is 5.02 Å². The number of allylic oxidation sites excluding steroid dienone is 2. The number of ether oxygens (including phenoxy) is 1. The molecular weight excluding hydrogens is 648 g/mol. The highest BCUT2D eigenvalue weighted by Crippen LogP contribution is 2.64. The number of likely N-dealkylation sites (tertiary alicyclic amines) is 1. The molecule has 0 unspecified atom stereocenters. The van der Waals surface area contributed by atoms with Crippen molar-refractivity contribution in [2.45, 2.75) is 43.9 Å². The van der Waals surface area contributed by atoms with Crippen LogP contribution in [-0.2, 0) is 29.4 Å². The van der Waals surface area contributed by atoms with Crippen molar-refractivity contribution >= 4 is 46.9 Å². The number of carbonyl (C=O) groups is 5. The number of aliphatic carboxylic acids is 1. The number of hydrogen-bond acceptors (Lipinski definition) is 7. The van der Waals surface area contributed by atoms with Gasteiger partial charge in [-0.2, -0.15) is 0 Å². The average Bonchev–Trinajstić information content (AvgIpc) is 3.46. The SMILES string of the molecule is CCOc1cc([C@H]2C3=CC[C@@H]4C(=O)N(CCCC(=O)O)C(=O)[C@@H]4[C@@H]3C[C@H]3C(=O)N(c4cccc(Cl)c4)C(=O)[C@@]23c2ccccc2)ccc1O. The summed E-state index contributed by atoms with van der Waals surface area (Å²) in [6.45, 7) is 2.06. The number of rotatable bonds is 9. The summed E-state index contributed by atoms with van der Waals surface area (Å²) in [4.78, 5) is 71.4. The lowest BCUT2D eigenvalue weighted by Gasteiger charge is -2.50. The number of amides is 4. The Morgan fingerprint density at radius 3 is 2.45 bits per heavy atom. The van der Waals surface area contributed by atoms with Gasteiger partial charge in [-0.25, -0.2) is 4.90 Å². The molecule has 2 aliphatic carbocycles. The average molecular weight is 683 g/mol. The van der Waals surface area contributed by atoms with Crippen LogP contribution in [0.5, 0.6) is 11.5 Å². The van der Waals surface area contributed by atoms with E-state index in [1.807, 2.05) is 36.4 Å². The van der Waals surface area contributed by atoms with E-state index in [0.29, 0.717) is 21.8 Å². The number of fused-ring (bicyclic) bond motifs is 4. The number of imide groups is 2. The Hall–Kier alpha value is -4.96. The van der Waals surface area contributed by atoms with Gasteiger partial charge in [0, 0.05) is 23.9 Å². The number of phenols is 1. The molecule has 10 nitrogen and oxygen atoms in total. The van der Waals surface area contributed by atoms with Crippen molar-refractivity contribution in [3.05, 3.63) is 101 Å². The molecule has 49 heavy (non-hydrogen) atoms. The van der Waals surface area contributed by atoms with Crippen molar-refractivity contribution in [2.75, 3.05) is 18.1 Å². The zero-order valence-electron chi connectivity index (χ0n) is 26.8. The van der Waals surface area contributed by atoms with Crippen LogP contribution in [-0.4, -0.2) is 57.9 Å². The molecule has 0 radical (unpaired) electrons. The minimum absolute atomic E-state index is 0.00449. The molecule has 0 bridgehead atoms. The van der Waals surface area contributed by atoms with Gasteiger partial charge in [0.1, 0.15) is 0 Å². The quantitative estimate of drug-likeness (QED) is 0.224. The molecule has 4 amide bonds. The second-order valence-electron chi connectivity index (χ2n) is 13.1. The van der Waals surface area contributed by atoms with Gasteiger partial charge in [0.15, 0.2) is 11.5 Å². The Morgan fingerprint density at radius 1 is 0.959 bits per heavy atom. The van der Waals surface area contributed by atoms with Crippen LogP contribution < -0.4 is 9.64 Å². The third-order valence-corrected chi connectivity index (χ3v) is 10.9. The number of carbonyl (C=O) groups excluding carboxylic acids is 4. The molecule has 7 rings (SSSR count). The summed E-state index contributed by atoms with van der Waals surface area (Å²) >= 11 is 6.36. The molecule has 2 aliphatic heterocycles. The van der Waals surface area contributed by atoms with Crippen LogP contribution in [0.1, 0.15) is 49.7 Å². The summed E-state index contributed by atoms with van der Waals surface area (Å²) in [5.41, 5.74) is 0.900. The van der Waals surface area contributed by atoms with Crippen LogP contribution in [0.3, 0.4) is 0 Å². The van der Waals surface area contributed by atoms with E-state index in [1.165, 1.54) is 15.9 Å². The number of aromatic hydroxyl groups is 1. The monoisotopic (exact) mass is 682 g/mol. The van der Waals surface area contributed by atoms with Crippen molar-refractivity contribution in [3.8, 4) is 11.5 Å². The van der Waals surface area contributed by atoms with Crippen molar-refractivity contribution in [1.82, 2.24) is 4.90 Å². The predicted octanol–water partition coefficient (Wildman–Crippen LogP) is 5.47. The number of phenolic OH excluding ortho intramolecular Hbond substituents is 1. The zero-order valence-corrected chi connectivity index (χ0v) is 27.5. The first-order valence-electron chi connectivity index (χ1n) is 16.5. The lowest BCUT2D eigenvalue weighted by Crippen LogP contribution is -2.53. The number of anilines is 1. The number of nitrogens with zero attached hydrogens (tertiary/aromatic N) is 2. The molecule has 2 heterocycles. The van der Waals surface area contributed by atoms with E-state index in [4.69, 9.17) is 21.4 Å². The van der Waals surface area contributed by atoms with Crippen LogP contribution in [0.4, 0.5) is 5.69 Å². The maximum atomic E-state index is 15.3. The smallest absolute Gasteiger partial charge is 0.303 e. The molecule has 3 aromatic rings. The molecule has 3 aromatic carbocycles. The fourth-order valence-corrected chi connectivity index (χ4v) is 8.96. The highest BCUT2D eigenvalue weighted by Gasteiger charge is 2.70. The van der Waals surface area contributed by atoms with Gasteiger partial charge in [-0.3, -0.25) is 28.9 Å². The molecule has 0 spiro atoms. The summed E-state index contributed by atoms with van der Waals surface area (Å²) in [6.07, 6.45) is 2.30. The third-order valence-electron chi connectivity index (χ3n) is 10.6. The minimum Gasteiger partial charge on any atom is -0.504 e. The van der Waals surface area contributed by atoms with Crippen LogP contribution in [0, 0.1) is 23.7 Å². The fourth-order valence-electron chi connectivity index (χ4n) is 8.77. The number of hydrogen-bond donors (Lipinski definition) is 2. The molecule has 3 fully saturated rings. The Kier molecular flexibility index (Phi) is 8.30. The Balaban J connectivity index is 1.44. The normalized spacial score (nSPS) is 27.5. The highest BCUT2D eigenvalue weighted by atomic mass is 35.5. The van der Waals surface area contributed by atoms with Gasteiger partial charge in [-0.1, -0.05) is 65.7 Å². The van der Waals surface area contributed by atoms with Crippen LogP contribution in [0.15, 0.2) is 84.4 Å². The summed E-state index contributed by atoms with van der Waals surface area (Å²) in [5.74, 6) is -6.17. The van der Waals surface area contributed by atoms with E-state index in [-0.39, 0.29) is 62.1 Å². The molecule has 252 valence electrons. The Bertz CT molecular complexity index is 1910. The van der Waals surface area contributed by atoms with Crippen molar-refractivity contribution in [3.63, 3.8) is 0 Å². The van der Waals surface area contributed by atoms with Gasteiger partial charge in [0.2, 0.25) is 23.6 Å². The molecule has 2 saturated heterocycles. The van der Waals surface area contributed by atoms with Crippen molar-refractivity contribution < 1.29 is 38.9 Å². The second kappa shape index (κ2) is 12.5. The van der Waals surface area contributed by atoms with Gasteiger partial charge in [-0.05, 0) is 73.6 Å². The largest absolute Gasteiger partial charge is 0.504 e. The van der Waals surface area contributed by atoms with E-state index in [2.05, 4.69) is 0 Å². The first-order chi connectivity index (χ1) is 23.6. The standard InChI is InChI=1S/C38H35ClN2O8/c1-2-49-30-18-21(13-16-29(30)42)33-25-14-15-26-32(36(47)40(34(26)45)17-7-12-31(43)44)27(25)20-28-35(46)41(24-11-6-10-23(39)19-24)37(48)38(28,33)22-8-4-3-5-9-22/h3-6,8-11,13-14,16,18-19,26-28,32-33,42H,2,7,12,15,17,20H2,1H3,(H,43,44)/t26-,27+,28-,32-,33-,38+/m0/s1. The fraction of sp³-hybridized carbons (Fsp3) is 0.342. The molecular formula is C38H35ClN2O8. The first-order valence-corrected chi connectivity index (χ1v) is 16.9. The molecule has 11 heteroatoms. The van der Waals surface area contributed by atoms with Gasteiger partial charge >= 0.3 is 5.97 Å². The molecule has 1 saturated carbocycles. The molecule has 4 aliphatic rings. The number of benzene rings is 3. The van der Waals surface area contributed by atoms with Gasteiger partial charge < -0.3 is 14.9 Å². The van der Waals surface area contributed by atoms with Gasteiger partial charge in [0.05, 0.1) is 35.5 Å². The summed E-state index contributed by atoms with van der Waals surface area (Å²) < 4.78 is 5.78. The van der Waals surface area contributed by atoms with Gasteiger partial charge in [-0.15, -0.1) is 0 Å². The van der Waals surface area contributed by atoms with E-state index >= 15 is 4.79 Å². The molecule has 6 atom stereocenters. The maximum absolute atomic E-state index is 15.3.